The normalized spacial score (nSPS) is 13.1. The number of nitrogens with zero attached hydrogens (tertiary/aromatic N) is 1. The van der Waals surface area contributed by atoms with Gasteiger partial charge in [-0.3, -0.25) is 4.85 Å². The molecular weight excluding hydrogens is 528 g/mol. The molecule has 0 aliphatic heterocycles. The van der Waals surface area contributed by atoms with Crippen LogP contribution in [0.2, 0.25) is 0 Å². The lowest BCUT2D eigenvalue weighted by atomic mass is 9.78. The lowest BCUT2D eigenvalue weighted by Crippen LogP contribution is -2.34. The molecule has 0 radical (unpaired) electrons. The van der Waals surface area contributed by atoms with Crippen LogP contribution >= 0.6 is 0 Å². The topological polar surface area (TPSA) is 49.1 Å². The summed E-state index contributed by atoms with van der Waals surface area (Å²) in [5, 5.41) is 0. The summed E-state index contributed by atoms with van der Waals surface area (Å²) in [6.45, 7) is 11.4. The molecule has 0 amide bonds. The van der Waals surface area contributed by atoms with E-state index in [-0.39, 0.29) is 28.9 Å². The molecule has 0 heterocycles. The number of carbonyl (C=O) groups excluding carboxylic acids is 1. The monoisotopic (exact) mass is 551 g/mol. The SMILES string of the molecule is [C-]#[N+][C@](Cc1ccc(C(=O)OC)cc1)(c1cc(F)cc(OC(F)(F)C(F)F)c1)c1ccc(F)c(OC(C)C)c1. The summed E-state index contributed by atoms with van der Waals surface area (Å²) >= 11 is 0. The molecule has 0 N–H and O–H groups in total. The van der Waals surface area contributed by atoms with E-state index in [0.717, 1.165) is 18.2 Å². The predicted molar refractivity (Wildman–Crippen MR) is 129 cm³/mol. The van der Waals surface area contributed by atoms with Gasteiger partial charge in [0.2, 0.25) is 0 Å². The zero-order valence-electron chi connectivity index (χ0n) is 21.0. The van der Waals surface area contributed by atoms with Gasteiger partial charge >= 0.3 is 18.5 Å². The summed E-state index contributed by atoms with van der Waals surface area (Å²) in [6, 6.07) is 11.6. The molecule has 206 valence electrons. The van der Waals surface area contributed by atoms with Gasteiger partial charge < -0.3 is 14.2 Å². The van der Waals surface area contributed by atoms with Crippen LogP contribution < -0.4 is 9.47 Å². The van der Waals surface area contributed by atoms with E-state index >= 15 is 0 Å². The Labute approximate surface area is 220 Å². The van der Waals surface area contributed by atoms with Crippen molar-refractivity contribution in [1.82, 2.24) is 0 Å². The number of alkyl halides is 4. The first-order chi connectivity index (χ1) is 18.3. The minimum absolute atomic E-state index is 0.101. The minimum atomic E-state index is -4.93. The average Bonchev–Trinajstić information content (AvgIpc) is 2.87. The second kappa shape index (κ2) is 11.7. The van der Waals surface area contributed by atoms with Gasteiger partial charge in [-0.25, -0.2) is 20.1 Å². The Morgan fingerprint density at radius 2 is 1.64 bits per heavy atom. The van der Waals surface area contributed by atoms with Crippen LogP contribution in [0.15, 0.2) is 60.7 Å². The van der Waals surface area contributed by atoms with Gasteiger partial charge in [0.1, 0.15) is 11.6 Å². The van der Waals surface area contributed by atoms with Crippen molar-refractivity contribution >= 4 is 5.97 Å². The maximum absolute atomic E-state index is 14.7. The summed E-state index contributed by atoms with van der Waals surface area (Å²) in [5.74, 6) is -3.64. The Kier molecular flexibility index (Phi) is 8.79. The quantitative estimate of drug-likeness (QED) is 0.152. The van der Waals surface area contributed by atoms with E-state index in [4.69, 9.17) is 11.3 Å². The molecule has 0 saturated heterocycles. The smallest absolute Gasteiger partial charge is 0.461 e. The average molecular weight is 551 g/mol. The molecule has 0 fully saturated rings. The van der Waals surface area contributed by atoms with Crippen molar-refractivity contribution in [3.05, 3.63) is 106 Å². The van der Waals surface area contributed by atoms with Gasteiger partial charge in [0, 0.05) is 17.2 Å². The fourth-order valence-corrected chi connectivity index (χ4v) is 3.88. The Bertz CT molecular complexity index is 1370. The number of benzene rings is 3. The molecule has 3 aromatic rings. The zero-order chi connectivity index (χ0) is 29.0. The van der Waals surface area contributed by atoms with Crippen LogP contribution in [0.4, 0.5) is 26.3 Å². The first kappa shape index (κ1) is 29.4. The van der Waals surface area contributed by atoms with E-state index < -0.39 is 47.5 Å². The highest BCUT2D eigenvalue weighted by atomic mass is 19.3. The maximum atomic E-state index is 14.7. The van der Waals surface area contributed by atoms with Gasteiger partial charge in [0.25, 0.3) is 5.54 Å². The van der Waals surface area contributed by atoms with E-state index in [1.165, 1.54) is 43.5 Å². The lowest BCUT2D eigenvalue weighted by molar-refractivity contribution is -0.253. The van der Waals surface area contributed by atoms with Crippen LogP contribution in [0.25, 0.3) is 4.85 Å². The summed E-state index contributed by atoms with van der Waals surface area (Å²) in [5.41, 5.74) is -1.37. The molecule has 11 heteroatoms. The highest BCUT2D eigenvalue weighted by molar-refractivity contribution is 5.89. The van der Waals surface area contributed by atoms with Crippen LogP contribution in [0.1, 0.15) is 40.9 Å². The third-order valence-electron chi connectivity index (χ3n) is 5.65. The van der Waals surface area contributed by atoms with Crippen molar-refractivity contribution in [3.63, 3.8) is 0 Å². The van der Waals surface area contributed by atoms with E-state index in [1.54, 1.807) is 13.8 Å². The zero-order valence-corrected chi connectivity index (χ0v) is 21.0. The van der Waals surface area contributed by atoms with Crippen molar-refractivity contribution in [2.45, 2.75) is 44.4 Å². The van der Waals surface area contributed by atoms with Crippen LogP contribution in [0.5, 0.6) is 11.5 Å². The Hall–Kier alpha value is -4.20. The molecule has 0 unspecified atom stereocenters. The van der Waals surface area contributed by atoms with Crippen LogP contribution in [0.3, 0.4) is 0 Å². The molecule has 39 heavy (non-hydrogen) atoms. The van der Waals surface area contributed by atoms with Gasteiger partial charge in [-0.2, -0.15) is 17.6 Å². The second-order valence-corrected chi connectivity index (χ2v) is 8.79. The first-order valence-electron chi connectivity index (χ1n) is 11.5. The van der Waals surface area contributed by atoms with Crippen molar-refractivity contribution in [1.29, 1.82) is 0 Å². The number of esters is 1. The molecule has 0 aliphatic rings. The number of hydrogen-bond acceptors (Lipinski definition) is 4. The van der Waals surface area contributed by atoms with Crippen molar-refractivity contribution in [2.24, 2.45) is 0 Å². The van der Waals surface area contributed by atoms with Gasteiger partial charge in [0.05, 0.1) is 25.2 Å². The molecule has 3 aromatic carbocycles. The molecular formula is C28H23F6NO4. The Morgan fingerprint density at radius 3 is 2.21 bits per heavy atom. The van der Waals surface area contributed by atoms with Crippen molar-refractivity contribution in [3.8, 4) is 11.5 Å². The van der Waals surface area contributed by atoms with E-state index in [2.05, 4.69) is 14.3 Å². The fraction of sp³-hybridized carbons (Fsp3) is 0.286. The Balaban J connectivity index is 2.22. The molecule has 0 bridgehead atoms. The van der Waals surface area contributed by atoms with Crippen molar-refractivity contribution < 1.29 is 45.3 Å². The largest absolute Gasteiger partial charge is 0.488 e. The summed E-state index contributed by atoms with van der Waals surface area (Å²) < 4.78 is 96.2. The van der Waals surface area contributed by atoms with Gasteiger partial charge in [0.15, 0.2) is 11.6 Å². The molecule has 0 aliphatic carbocycles. The van der Waals surface area contributed by atoms with Crippen LogP contribution in [-0.4, -0.2) is 31.7 Å². The van der Waals surface area contributed by atoms with Gasteiger partial charge in [-0.05, 0) is 61.9 Å². The molecule has 3 rings (SSSR count). The standard InChI is InChI=1S/C28H23F6NO4/c1-16(2)38-24-13-19(9-10-23(24)30)27(35-3,15-17-5-7-18(8-6-17)25(36)37-4)20-11-21(29)14-22(12-20)39-28(33,34)26(31)32/h5-14,16,26H,15H2,1-2,4H3/t27-/m0/s1. The summed E-state index contributed by atoms with van der Waals surface area (Å²) in [6.07, 6.45) is -9.80. The Morgan fingerprint density at radius 1 is 0.974 bits per heavy atom. The number of methoxy groups -OCH3 is 1. The van der Waals surface area contributed by atoms with Crippen molar-refractivity contribution in [2.75, 3.05) is 7.11 Å². The summed E-state index contributed by atoms with van der Waals surface area (Å²) in [7, 11) is 1.20. The lowest BCUT2D eigenvalue weighted by Gasteiger charge is -2.25. The highest BCUT2D eigenvalue weighted by Gasteiger charge is 2.46. The number of carbonyl (C=O) groups is 1. The predicted octanol–water partition coefficient (Wildman–Crippen LogP) is 7.18. The molecule has 1 atom stereocenters. The van der Waals surface area contributed by atoms with E-state index in [0.29, 0.717) is 11.6 Å². The third kappa shape index (κ3) is 6.63. The number of rotatable bonds is 10. The van der Waals surface area contributed by atoms with Crippen LogP contribution in [-0.2, 0) is 16.7 Å². The van der Waals surface area contributed by atoms with E-state index in [9.17, 15) is 31.1 Å². The highest BCUT2D eigenvalue weighted by Crippen LogP contribution is 2.42. The van der Waals surface area contributed by atoms with Gasteiger partial charge in [-0.1, -0.05) is 12.1 Å². The molecule has 5 nitrogen and oxygen atoms in total. The minimum Gasteiger partial charge on any atom is -0.488 e. The molecule has 0 saturated carbocycles. The molecule has 0 aromatic heterocycles. The first-order valence-corrected chi connectivity index (χ1v) is 11.5. The second-order valence-electron chi connectivity index (χ2n) is 8.79. The van der Waals surface area contributed by atoms with Crippen LogP contribution in [0, 0.1) is 18.2 Å². The number of ether oxygens (including phenoxy) is 3. The third-order valence-corrected chi connectivity index (χ3v) is 5.65. The number of halogens is 6. The van der Waals surface area contributed by atoms with E-state index in [1.807, 2.05) is 0 Å². The fourth-order valence-electron chi connectivity index (χ4n) is 3.88. The maximum Gasteiger partial charge on any atom is 0.461 e. The molecule has 0 spiro atoms. The summed E-state index contributed by atoms with van der Waals surface area (Å²) in [4.78, 5) is 15.5. The number of hydrogen-bond donors (Lipinski definition) is 0. The van der Waals surface area contributed by atoms with Gasteiger partial charge in [-0.15, -0.1) is 0 Å².